The number of nitrogens with zero attached hydrogens (tertiary/aromatic N) is 1. The molecule has 1 saturated heterocycles. The van der Waals surface area contributed by atoms with Crippen molar-refractivity contribution in [3.05, 3.63) is 12.7 Å². The summed E-state index contributed by atoms with van der Waals surface area (Å²) in [4.78, 5) is 2.33. The van der Waals surface area contributed by atoms with E-state index in [4.69, 9.17) is 4.74 Å². The third-order valence-electron chi connectivity index (χ3n) is 1.49. The molecule has 0 aliphatic carbocycles. The highest BCUT2D eigenvalue weighted by Crippen LogP contribution is 1.94. The van der Waals surface area contributed by atoms with Crippen molar-refractivity contribution in [1.29, 1.82) is 0 Å². The second kappa shape index (κ2) is 3.64. The third kappa shape index (κ3) is 2.16. The Bertz CT molecular complexity index is 86.9. The van der Waals surface area contributed by atoms with E-state index < -0.39 is 0 Å². The molecule has 0 amide bonds. The maximum absolute atomic E-state index is 5.17. The number of morpholine rings is 1. The van der Waals surface area contributed by atoms with Crippen LogP contribution in [0.15, 0.2) is 12.7 Å². The van der Waals surface area contributed by atoms with Crippen LogP contribution in [0.2, 0.25) is 0 Å². The van der Waals surface area contributed by atoms with Crippen molar-refractivity contribution in [2.75, 3.05) is 32.8 Å². The zero-order chi connectivity index (χ0) is 6.53. The molecule has 0 N–H and O–H groups in total. The molecule has 0 bridgehead atoms. The van der Waals surface area contributed by atoms with Crippen LogP contribution >= 0.6 is 0 Å². The van der Waals surface area contributed by atoms with Gasteiger partial charge in [-0.3, -0.25) is 4.90 Å². The lowest BCUT2D eigenvalue weighted by Gasteiger charge is -2.24. The van der Waals surface area contributed by atoms with Gasteiger partial charge in [0.05, 0.1) is 13.2 Å². The molecule has 0 saturated carbocycles. The van der Waals surface area contributed by atoms with Crippen molar-refractivity contribution in [3.63, 3.8) is 0 Å². The van der Waals surface area contributed by atoms with Crippen molar-refractivity contribution in [2.45, 2.75) is 0 Å². The van der Waals surface area contributed by atoms with Gasteiger partial charge in [0.15, 0.2) is 0 Å². The third-order valence-corrected chi connectivity index (χ3v) is 1.49. The van der Waals surface area contributed by atoms with Gasteiger partial charge in [-0.15, -0.1) is 6.58 Å². The van der Waals surface area contributed by atoms with Crippen molar-refractivity contribution in [1.82, 2.24) is 4.90 Å². The van der Waals surface area contributed by atoms with E-state index in [0.29, 0.717) is 0 Å². The summed E-state index contributed by atoms with van der Waals surface area (Å²) in [5.41, 5.74) is 0. The highest BCUT2D eigenvalue weighted by molar-refractivity contribution is 4.74. The first-order chi connectivity index (χ1) is 4.43. The molecule has 1 fully saturated rings. The first-order valence-electron chi connectivity index (χ1n) is 3.34. The molecule has 2 heteroatoms. The summed E-state index contributed by atoms with van der Waals surface area (Å²) in [5, 5.41) is 0. The van der Waals surface area contributed by atoms with Crippen LogP contribution in [-0.4, -0.2) is 37.7 Å². The molecule has 0 aromatic heterocycles. The van der Waals surface area contributed by atoms with E-state index in [1.165, 1.54) is 0 Å². The van der Waals surface area contributed by atoms with Gasteiger partial charge in [-0.05, 0) is 0 Å². The lowest BCUT2D eigenvalue weighted by atomic mass is 10.4. The van der Waals surface area contributed by atoms with E-state index in [0.717, 1.165) is 32.8 Å². The molecule has 1 heterocycles. The Morgan fingerprint density at radius 2 is 2.11 bits per heavy atom. The summed E-state index contributed by atoms with van der Waals surface area (Å²) in [6, 6.07) is 0. The number of ether oxygens (including phenoxy) is 1. The monoisotopic (exact) mass is 127 g/mol. The number of hydrogen-bond donors (Lipinski definition) is 0. The molecule has 52 valence electrons. The van der Waals surface area contributed by atoms with Crippen LogP contribution in [0.3, 0.4) is 0 Å². The van der Waals surface area contributed by atoms with Gasteiger partial charge in [0, 0.05) is 19.6 Å². The Labute approximate surface area is 56.1 Å². The minimum Gasteiger partial charge on any atom is -0.379 e. The fourth-order valence-electron chi connectivity index (χ4n) is 0.966. The van der Waals surface area contributed by atoms with Crippen molar-refractivity contribution >= 4 is 0 Å². The highest BCUT2D eigenvalue weighted by Gasteiger charge is 2.06. The van der Waals surface area contributed by atoms with Crippen LogP contribution in [0.1, 0.15) is 0 Å². The maximum Gasteiger partial charge on any atom is 0.0594 e. The number of rotatable bonds is 2. The summed E-state index contributed by atoms with van der Waals surface area (Å²) in [6.45, 7) is 8.56. The molecular weight excluding hydrogens is 114 g/mol. The minimum absolute atomic E-state index is 0.883. The molecule has 1 aliphatic heterocycles. The Kier molecular flexibility index (Phi) is 2.74. The lowest BCUT2D eigenvalue weighted by Crippen LogP contribution is -2.36. The molecular formula is C7H13NO. The summed E-state index contributed by atoms with van der Waals surface area (Å²) in [5.74, 6) is 0. The van der Waals surface area contributed by atoms with Crippen molar-refractivity contribution in [2.24, 2.45) is 0 Å². The first-order valence-corrected chi connectivity index (χ1v) is 3.34. The van der Waals surface area contributed by atoms with E-state index in [1.54, 1.807) is 0 Å². The Morgan fingerprint density at radius 3 is 2.67 bits per heavy atom. The lowest BCUT2D eigenvalue weighted by molar-refractivity contribution is 0.0434. The van der Waals surface area contributed by atoms with Crippen LogP contribution in [0, 0.1) is 0 Å². The Morgan fingerprint density at radius 1 is 1.44 bits per heavy atom. The zero-order valence-electron chi connectivity index (χ0n) is 5.68. The molecule has 0 aromatic carbocycles. The Hall–Kier alpha value is -0.340. The maximum atomic E-state index is 5.17. The molecule has 0 radical (unpaired) electrons. The van der Waals surface area contributed by atoms with E-state index in [1.807, 2.05) is 6.08 Å². The van der Waals surface area contributed by atoms with E-state index in [-0.39, 0.29) is 0 Å². The predicted octanol–water partition coefficient (Wildman–Crippen LogP) is 0.505. The molecule has 1 rings (SSSR count). The van der Waals surface area contributed by atoms with Gasteiger partial charge >= 0.3 is 0 Å². The average Bonchev–Trinajstić information content (AvgIpc) is 1.91. The standard InChI is InChI=1S/C7H13NO/c1-2-3-8-4-6-9-7-5-8/h2H,1,3-7H2. The average molecular weight is 127 g/mol. The minimum atomic E-state index is 0.883. The van der Waals surface area contributed by atoms with Crippen LogP contribution in [-0.2, 0) is 4.74 Å². The summed E-state index contributed by atoms with van der Waals surface area (Å²) >= 11 is 0. The van der Waals surface area contributed by atoms with Gasteiger partial charge < -0.3 is 4.74 Å². The quantitative estimate of drug-likeness (QED) is 0.501. The van der Waals surface area contributed by atoms with Crippen molar-refractivity contribution < 1.29 is 4.74 Å². The first kappa shape index (κ1) is 6.78. The fourth-order valence-corrected chi connectivity index (χ4v) is 0.966. The highest BCUT2D eigenvalue weighted by atomic mass is 16.5. The predicted molar refractivity (Wildman–Crippen MR) is 37.5 cm³/mol. The molecule has 0 unspecified atom stereocenters. The molecule has 0 spiro atoms. The van der Waals surface area contributed by atoms with Crippen LogP contribution < -0.4 is 0 Å². The Balaban J connectivity index is 2.15. The van der Waals surface area contributed by atoms with Crippen LogP contribution in [0.25, 0.3) is 0 Å². The second-order valence-electron chi connectivity index (χ2n) is 2.20. The zero-order valence-corrected chi connectivity index (χ0v) is 5.68. The van der Waals surface area contributed by atoms with Gasteiger partial charge in [0.25, 0.3) is 0 Å². The molecule has 9 heavy (non-hydrogen) atoms. The molecule has 0 aromatic rings. The summed E-state index contributed by atoms with van der Waals surface area (Å²) < 4.78 is 5.17. The molecule has 2 nitrogen and oxygen atoms in total. The van der Waals surface area contributed by atoms with E-state index >= 15 is 0 Å². The largest absolute Gasteiger partial charge is 0.379 e. The SMILES string of the molecule is C=CCN1CCOCC1. The number of hydrogen-bond acceptors (Lipinski definition) is 2. The van der Waals surface area contributed by atoms with Gasteiger partial charge in [-0.25, -0.2) is 0 Å². The van der Waals surface area contributed by atoms with E-state index in [2.05, 4.69) is 11.5 Å². The molecule has 0 atom stereocenters. The fraction of sp³-hybridized carbons (Fsp3) is 0.714. The van der Waals surface area contributed by atoms with Crippen LogP contribution in [0.4, 0.5) is 0 Å². The normalized spacial score (nSPS) is 21.8. The molecule has 1 aliphatic rings. The second-order valence-corrected chi connectivity index (χ2v) is 2.20. The van der Waals surface area contributed by atoms with Gasteiger partial charge in [0.2, 0.25) is 0 Å². The van der Waals surface area contributed by atoms with Gasteiger partial charge in [-0.2, -0.15) is 0 Å². The van der Waals surface area contributed by atoms with Crippen molar-refractivity contribution in [3.8, 4) is 0 Å². The van der Waals surface area contributed by atoms with Gasteiger partial charge in [0.1, 0.15) is 0 Å². The summed E-state index contributed by atoms with van der Waals surface area (Å²) in [6.07, 6.45) is 1.94. The van der Waals surface area contributed by atoms with Crippen LogP contribution in [0.5, 0.6) is 0 Å². The smallest absolute Gasteiger partial charge is 0.0594 e. The topological polar surface area (TPSA) is 12.5 Å². The van der Waals surface area contributed by atoms with Gasteiger partial charge in [-0.1, -0.05) is 6.08 Å². The summed E-state index contributed by atoms with van der Waals surface area (Å²) in [7, 11) is 0. The van der Waals surface area contributed by atoms with E-state index in [9.17, 15) is 0 Å².